The van der Waals surface area contributed by atoms with Gasteiger partial charge in [0.05, 0.1) is 14.4 Å². The molecule has 1 N–H and O–H groups in total. The Balaban J connectivity index is 2.15. The number of thiophene rings is 1. The van der Waals surface area contributed by atoms with Crippen LogP contribution in [-0.4, -0.2) is 20.9 Å². The van der Waals surface area contributed by atoms with Gasteiger partial charge in [-0.2, -0.15) is 5.10 Å². The van der Waals surface area contributed by atoms with E-state index in [0.29, 0.717) is 5.69 Å². The molecule has 4 nitrogen and oxygen atoms in total. The van der Waals surface area contributed by atoms with Gasteiger partial charge in [-0.1, -0.05) is 18.2 Å². The summed E-state index contributed by atoms with van der Waals surface area (Å²) < 4.78 is 2.53. The molecule has 0 unspecified atom stereocenters. The van der Waals surface area contributed by atoms with E-state index in [2.05, 4.69) is 21.0 Å². The number of benzene rings is 1. The van der Waals surface area contributed by atoms with Crippen LogP contribution >= 0.6 is 27.3 Å². The van der Waals surface area contributed by atoms with Gasteiger partial charge in [0.15, 0.2) is 0 Å². The van der Waals surface area contributed by atoms with Gasteiger partial charge >= 0.3 is 5.97 Å². The molecule has 2 aromatic heterocycles. The average molecular weight is 349 g/mol. The Labute approximate surface area is 127 Å². The number of para-hydroxylation sites is 1. The van der Waals surface area contributed by atoms with E-state index in [1.807, 2.05) is 42.5 Å². The van der Waals surface area contributed by atoms with Crippen LogP contribution in [0.4, 0.5) is 0 Å². The van der Waals surface area contributed by atoms with Crippen LogP contribution in [0.3, 0.4) is 0 Å². The van der Waals surface area contributed by atoms with Crippen molar-refractivity contribution in [2.75, 3.05) is 0 Å². The van der Waals surface area contributed by atoms with Crippen molar-refractivity contribution in [3.63, 3.8) is 0 Å². The molecule has 20 heavy (non-hydrogen) atoms. The van der Waals surface area contributed by atoms with Crippen LogP contribution in [-0.2, 0) is 0 Å². The minimum Gasteiger partial charge on any atom is -0.478 e. The Morgan fingerprint density at radius 2 is 1.95 bits per heavy atom. The van der Waals surface area contributed by atoms with E-state index >= 15 is 0 Å². The molecule has 0 aliphatic carbocycles. The van der Waals surface area contributed by atoms with Crippen molar-refractivity contribution in [3.8, 4) is 16.3 Å². The van der Waals surface area contributed by atoms with Crippen molar-refractivity contribution >= 4 is 33.2 Å². The quantitative estimate of drug-likeness (QED) is 0.776. The molecule has 3 aromatic rings. The van der Waals surface area contributed by atoms with E-state index in [4.69, 9.17) is 0 Å². The van der Waals surface area contributed by atoms with Gasteiger partial charge in [0.1, 0.15) is 11.3 Å². The van der Waals surface area contributed by atoms with Gasteiger partial charge in [-0.25, -0.2) is 9.48 Å². The van der Waals surface area contributed by atoms with Gasteiger partial charge in [-0.05, 0) is 40.2 Å². The van der Waals surface area contributed by atoms with E-state index in [1.54, 1.807) is 10.9 Å². The molecule has 0 aliphatic rings. The monoisotopic (exact) mass is 348 g/mol. The zero-order valence-electron chi connectivity index (χ0n) is 10.2. The number of rotatable bonds is 3. The molecule has 0 amide bonds. The molecule has 3 rings (SSSR count). The Bertz CT molecular complexity index is 765. The standard InChI is InChI=1S/C14H9BrN2O2S/c15-12-7-6-11(20-12)13-10(14(18)19)8-17(16-13)9-4-2-1-3-5-9/h1-8H,(H,18,19). The summed E-state index contributed by atoms with van der Waals surface area (Å²) in [4.78, 5) is 12.2. The molecule has 1 aromatic carbocycles. The molecule has 2 heterocycles. The second-order valence-corrected chi connectivity index (χ2v) is 6.54. The number of hydrogen-bond acceptors (Lipinski definition) is 3. The number of aromatic nitrogens is 2. The highest BCUT2D eigenvalue weighted by molar-refractivity contribution is 9.11. The molecule has 0 radical (unpaired) electrons. The fourth-order valence-electron chi connectivity index (χ4n) is 1.87. The molecule has 0 aliphatic heterocycles. The Morgan fingerprint density at radius 3 is 2.55 bits per heavy atom. The minimum absolute atomic E-state index is 0.197. The summed E-state index contributed by atoms with van der Waals surface area (Å²) in [7, 11) is 0. The Hall–Kier alpha value is -1.92. The third-order valence-electron chi connectivity index (χ3n) is 2.77. The summed E-state index contributed by atoms with van der Waals surface area (Å²) in [5.74, 6) is -0.980. The first kappa shape index (κ1) is 13.1. The third-order valence-corrected chi connectivity index (χ3v) is 4.40. The molecule has 100 valence electrons. The van der Waals surface area contributed by atoms with Crippen molar-refractivity contribution in [1.82, 2.24) is 9.78 Å². The van der Waals surface area contributed by atoms with Gasteiger partial charge in [0.25, 0.3) is 0 Å². The lowest BCUT2D eigenvalue weighted by molar-refractivity contribution is 0.0697. The second-order valence-electron chi connectivity index (χ2n) is 4.08. The van der Waals surface area contributed by atoms with Crippen molar-refractivity contribution in [2.24, 2.45) is 0 Å². The van der Waals surface area contributed by atoms with Crippen molar-refractivity contribution in [1.29, 1.82) is 0 Å². The van der Waals surface area contributed by atoms with Gasteiger partial charge in [-0.3, -0.25) is 0 Å². The lowest BCUT2D eigenvalue weighted by atomic mass is 10.2. The van der Waals surface area contributed by atoms with Crippen molar-refractivity contribution in [3.05, 3.63) is 58.0 Å². The largest absolute Gasteiger partial charge is 0.478 e. The summed E-state index contributed by atoms with van der Waals surface area (Å²) in [5, 5.41) is 13.7. The molecule has 0 saturated carbocycles. The minimum atomic E-state index is -0.980. The highest BCUT2D eigenvalue weighted by atomic mass is 79.9. The van der Waals surface area contributed by atoms with Crippen LogP contribution < -0.4 is 0 Å². The fraction of sp³-hybridized carbons (Fsp3) is 0. The van der Waals surface area contributed by atoms with Crippen molar-refractivity contribution < 1.29 is 9.90 Å². The lowest BCUT2D eigenvalue weighted by Crippen LogP contribution is -1.95. The van der Waals surface area contributed by atoms with E-state index in [0.717, 1.165) is 14.4 Å². The van der Waals surface area contributed by atoms with E-state index in [-0.39, 0.29) is 5.56 Å². The van der Waals surface area contributed by atoms with E-state index in [9.17, 15) is 9.90 Å². The fourth-order valence-corrected chi connectivity index (χ4v) is 3.25. The molecule has 6 heteroatoms. The zero-order chi connectivity index (χ0) is 14.1. The molecule has 0 atom stereocenters. The summed E-state index contributed by atoms with van der Waals surface area (Å²) in [6.07, 6.45) is 1.54. The number of hydrogen-bond donors (Lipinski definition) is 1. The molecule has 0 spiro atoms. The maximum Gasteiger partial charge on any atom is 0.339 e. The summed E-state index contributed by atoms with van der Waals surface area (Å²) in [6, 6.07) is 13.2. The predicted molar refractivity (Wildman–Crippen MR) is 81.5 cm³/mol. The summed E-state index contributed by atoms with van der Waals surface area (Å²) in [6.45, 7) is 0. The van der Waals surface area contributed by atoms with Crippen LogP contribution in [0.15, 0.2) is 52.4 Å². The Kier molecular flexibility index (Phi) is 3.42. The van der Waals surface area contributed by atoms with Crippen LogP contribution in [0.1, 0.15) is 10.4 Å². The first-order chi connectivity index (χ1) is 9.65. The molecular formula is C14H9BrN2O2S. The number of halogens is 1. The smallest absolute Gasteiger partial charge is 0.339 e. The predicted octanol–water partition coefficient (Wildman–Crippen LogP) is 4.06. The van der Waals surface area contributed by atoms with E-state index < -0.39 is 5.97 Å². The maximum atomic E-state index is 11.4. The number of aromatic carboxylic acids is 1. The van der Waals surface area contributed by atoms with Crippen LogP contribution in [0.25, 0.3) is 16.3 Å². The maximum absolute atomic E-state index is 11.4. The van der Waals surface area contributed by atoms with Crippen LogP contribution in [0.5, 0.6) is 0 Å². The SMILES string of the molecule is O=C(O)c1cn(-c2ccccc2)nc1-c1ccc(Br)s1. The summed E-state index contributed by atoms with van der Waals surface area (Å²) in [5.41, 5.74) is 1.51. The van der Waals surface area contributed by atoms with Crippen LogP contribution in [0, 0.1) is 0 Å². The molecule has 0 fully saturated rings. The first-order valence-electron chi connectivity index (χ1n) is 5.79. The highest BCUT2D eigenvalue weighted by Crippen LogP contribution is 2.32. The number of carbonyl (C=O) groups is 1. The van der Waals surface area contributed by atoms with Gasteiger partial charge in [0, 0.05) is 6.20 Å². The van der Waals surface area contributed by atoms with Gasteiger partial charge < -0.3 is 5.11 Å². The summed E-state index contributed by atoms with van der Waals surface area (Å²) >= 11 is 4.84. The number of nitrogens with zero attached hydrogens (tertiary/aromatic N) is 2. The van der Waals surface area contributed by atoms with Gasteiger partial charge in [0.2, 0.25) is 0 Å². The number of carboxylic acids is 1. The lowest BCUT2D eigenvalue weighted by Gasteiger charge is -1.98. The number of carboxylic acid groups (broad SMARTS) is 1. The van der Waals surface area contributed by atoms with Crippen LogP contribution in [0.2, 0.25) is 0 Å². The Morgan fingerprint density at radius 1 is 1.20 bits per heavy atom. The first-order valence-corrected chi connectivity index (χ1v) is 7.40. The second kappa shape index (κ2) is 5.22. The molecular weight excluding hydrogens is 340 g/mol. The van der Waals surface area contributed by atoms with Crippen molar-refractivity contribution in [2.45, 2.75) is 0 Å². The average Bonchev–Trinajstić information content (AvgIpc) is 3.05. The molecule has 0 saturated heterocycles. The topological polar surface area (TPSA) is 55.1 Å². The molecule has 0 bridgehead atoms. The normalized spacial score (nSPS) is 10.7. The highest BCUT2D eigenvalue weighted by Gasteiger charge is 2.18. The zero-order valence-corrected chi connectivity index (χ0v) is 12.6. The third kappa shape index (κ3) is 2.39. The van der Waals surface area contributed by atoms with Gasteiger partial charge in [-0.15, -0.1) is 11.3 Å². The van der Waals surface area contributed by atoms with E-state index in [1.165, 1.54) is 11.3 Å².